The highest BCUT2D eigenvalue weighted by Gasteiger charge is 2.16. The van der Waals surface area contributed by atoms with Gasteiger partial charge in [0.2, 0.25) is 5.91 Å². The molecule has 0 radical (unpaired) electrons. The van der Waals surface area contributed by atoms with Crippen molar-refractivity contribution in [1.82, 2.24) is 10.3 Å². The van der Waals surface area contributed by atoms with Crippen LogP contribution in [0.2, 0.25) is 0 Å². The van der Waals surface area contributed by atoms with Crippen molar-refractivity contribution >= 4 is 11.9 Å². The molecule has 1 aromatic heterocycles. The van der Waals surface area contributed by atoms with Crippen LogP contribution in [-0.4, -0.2) is 34.6 Å². The zero-order chi connectivity index (χ0) is 12.0. The van der Waals surface area contributed by atoms with E-state index in [1.54, 1.807) is 6.20 Å². The molecule has 1 atom stereocenters. The fourth-order valence-corrected chi connectivity index (χ4v) is 1.26. The zero-order valence-electron chi connectivity index (χ0n) is 8.77. The van der Waals surface area contributed by atoms with Gasteiger partial charge < -0.3 is 21.1 Å². The first-order chi connectivity index (χ1) is 7.59. The molecule has 0 saturated heterocycles. The van der Waals surface area contributed by atoms with E-state index in [2.05, 4.69) is 10.3 Å². The van der Waals surface area contributed by atoms with Crippen molar-refractivity contribution in [3.05, 3.63) is 24.0 Å². The summed E-state index contributed by atoms with van der Waals surface area (Å²) in [5, 5.41) is 11.0. The number of aromatic nitrogens is 1. The summed E-state index contributed by atoms with van der Waals surface area (Å²) < 4.78 is 0. The van der Waals surface area contributed by atoms with Gasteiger partial charge in [-0.1, -0.05) is 0 Å². The van der Waals surface area contributed by atoms with Gasteiger partial charge in [0.15, 0.2) is 0 Å². The number of aromatic amines is 1. The second kappa shape index (κ2) is 5.92. The summed E-state index contributed by atoms with van der Waals surface area (Å²) >= 11 is 0. The minimum atomic E-state index is -1.08. The number of aliphatic carboxylic acids is 1. The molecule has 1 heterocycles. The Morgan fingerprint density at radius 3 is 2.88 bits per heavy atom. The highest BCUT2D eigenvalue weighted by molar-refractivity contribution is 5.85. The fraction of sp³-hybridized carbons (Fsp3) is 0.400. The number of nitrogens with two attached hydrogens (primary N) is 1. The van der Waals surface area contributed by atoms with Crippen molar-refractivity contribution in [2.75, 3.05) is 6.54 Å². The van der Waals surface area contributed by atoms with Crippen LogP contribution in [0.1, 0.15) is 12.0 Å². The molecule has 1 rings (SSSR count). The maximum atomic E-state index is 11.3. The zero-order valence-corrected chi connectivity index (χ0v) is 8.77. The van der Waals surface area contributed by atoms with Crippen molar-refractivity contribution in [2.45, 2.75) is 18.9 Å². The van der Waals surface area contributed by atoms with Crippen LogP contribution in [0.15, 0.2) is 18.5 Å². The Kier molecular flexibility index (Phi) is 4.53. The SMILES string of the molecule is NC(CC(=O)O)C(=O)NCCc1cc[nH]c1. The van der Waals surface area contributed by atoms with Gasteiger partial charge in [0, 0.05) is 18.9 Å². The average Bonchev–Trinajstić information content (AvgIpc) is 2.69. The fourth-order valence-electron chi connectivity index (χ4n) is 1.26. The predicted octanol–water partition coefficient (Wildman–Crippen LogP) is -0.525. The van der Waals surface area contributed by atoms with Crippen LogP contribution in [0.4, 0.5) is 0 Å². The summed E-state index contributed by atoms with van der Waals surface area (Å²) in [6.45, 7) is 0.448. The molecule has 5 N–H and O–H groups in total. The Morgan fingerprint density at radius 2 is 2.31 bits per heavy atom. The van der Waals surface area contributed by atoms with Crippen molar-refractivity contribution in [1.29, 1.82) is 0 Å². The molecule has 0 aromatic carbocycles. The molecule has 0 spiro atoms. The van der Waals surface area contributed by atoms with Gasteiger partial charge >= 0.3 is 5.97 Å². The summed E-state index contributed by atoms with van der Waals surface area (Å²) in [5.41, 5.74) is 6.45. The molecular formula is C10H15N3O3. The molecule has 0 aliphatic carbocycles. The van der Waals surface area contributed by atoms with E-state index >= 15 is 0 Å². The topological polar surface area (TPSA) is 108 Å². The number of hydrogen-bond acceptors (Lipinski definition) is 3. The van der Waals surface area contributed by atoms with E-state index in [4.69, 9.17) is 10.8 Å². The summed E-state index contributed by atoms with van der Waals surface area (Å²) in [5.74, 6) is -1.51. The molecule has 6 nitrogen and oxygen atoms in total. The highest BCUT2D eigenvalue weighted by atomic mass is 16.4. The van der Waals surface area contributed by atoms with Crippen molar-refractivity contribution < 1.29 is 14.7 Å². The van der Waals surface area contributed by atoms with Crippen molar-refractivity contribution in [3.63, 3.8) is 0 Å². The summed E-state index contributed by atoms with van der Waals surface area (Å²) in [6, 6.07) is 0.923. The lowest BCUT2D eigenvalue weighted by Gasteiger charge is -2.09. The van der Waals surface area contributed by atoms with Gasteiger partial charge in [-0.05, 0) is 18.1 Å². The van der Waals surface area contributed by atoms with Gasteiger partial charge in [0.05, 0.1) is 12.5 Å². The Bertz CT molecular complexity index is 348. The third kappa shape index (κ3) is 4.14. The third-order valence-electron chi connectivity index (χ3n) is 2.11. The summed E-state index contributed by atoms with van der Waals surface area (Å²) in [7, 11) is 0. The number of carbonyl (C=O) groups is 2. The lowest BCUT2D eigenvalue weighted by Crippen LogP contribution is -2.42. The molecular weight excluding hydrogens is 210 g/mol. The van der Waals surface area contributed by atoms with Gasteiger partial charge in [-0.25, -0.2) is 0 Å². The smallest absolute Gasteiger partial charge is 0.305 e. The standard InChI is InChI=1S/C10H15N3O3/c11-8(5-9(14)15)10(16)13-4-2-7-1-3-12-6-7/h1,3,6,8,12H,2,4-5,11H2,(H,13,16)(H,14,15). The van der Waals surface area contributed by atoms with E-state index in [-0.39, 0.29) is 6.42 Å². The van der Waals surface area contributed by atoms with Gasteiger partial charge in [-0.2, -0.15) is 0 Å². The van der Waals surface area contributed by atoms with Crippen LogP contribution in [0, 0.1) is 0 Å². The molecule has 0 aliphatic rings. The highest BCUT2D eigenvalue weighted by Crippen LogP contribution is 1.96. The van der Waals surface area contributed by atoms with Crippen molar-refractivity contribution in [2.24, 2.45) is 5.73 Å². The first-order valence-electron chi connectivity index (χ1n) is 4.96. The van der Waals surface area contributed by atoms with Crippen LogP contribution < -0.4 is 11.1 Å². The third-order valence-corrected chi connectivity index (χ3v) is 2.11. The molecule has 0 bridgehead atoms. The van der Waals surface area contributed by atoms with E-state index in [0.717, 1.165) is 5.56 Å². The van der Waals surface area contributed by atoms with E-state index in [9.17, 15) is 9.59 Å². The Labute approximate surface area is 92.8 Å². The minimum Gasteiger partial charge on any atom is -0.481 e. The number of carboxylic acid groups (broad SMARTS) is 1. The molecule has 1 unspecified atom stereocenters. The number of amides is 1. The van der Waals surface area contributed by atoms with Gasteiger partial charge in [0.25, 0.3) is 0 Å². The van der Waals surface area contributed by atoms with Crippen LogP contribution in [0.3, 0.4) is 0 Å². The largest absolute Gasteiger partial charge is 0.481 e. The monoisotopic (exact) mass is 225 g/mol. The Hall–Kier alpha value is -1.82. The maximum absolute atomic E-state index is 11.3. The van der Waals surface area contributed by atoms with Crippen LogP contribution in [0.5, 0.6) is 0 Å². The van der Waals surface area contributed by atoms with Gasteiger partial charge in [-0.15, -0.1) is 0 Å². The molecule has 0 saturated carbocycles. The maximum Gasteiger partial charge on any atom is 0.305 e. The molecule has 16 heavy (non-hydrogen) atoms. The van der Waals surface area contributed by atoms with Crippen molar-refractivity contribution in [3.8, 4) is 0 Å². The molecule has 88 valence electrons. The second-order valence-electron chi connectivity index (χ2n) is 3.46. The number of rotatable bonds is 6. The molecule has 1 aromatic rings. The number of nitrogens with one attached hydrogen (secondary N) is 2. The second-order valence-corrected chi connectivity index (χ2v) is 3.46. The molecule has 6 heteroatoms. The van der Waals surface area contributed by atoms with E-state index in [1.807, 2.05) is 12.3 Å². The predicted molar refractivity (Wildman–Crippen MR) is 57.7 cm³/mol. The minimum absolute atomic E-state index is 0.351. The van der Waals surface area contributed by atoms with Gasteiger partial charge in [-0.3, -0.25) is 9.59 Å². The molecule has 0 fully saturated rings. The number of carboxylic acids is 1. The van der Waals surface area contributed by atoms with Crippen LogP contribution in [0.25, 0.3) is 0 Å². The summed E-state index contributed by atoms with van der Waals surface area (Å²) in [4.78, 5) is 24.5. The average molecular weight is 225 g/mol. The number of carbonyl (C=O) groups excluding carboxylic acids is 1. The van der Waals surface area contributed by atoms with E-state index in [1.165, 1.54) is 0 Å². The Morgan fingerprint density at radius 1 is 1.56 bits per heavy atom. The normalized spacial score (nSPS) is 12.1. The van der Waals surface area contributed by atoms with E-state index in [0.29, 0.717) is 13.0 Å². The number of hydrogen-bond donors (Lipinski definition) is 4. The van der Waals surface area contributed by atoms with Crippen LogP contribution >= 0.6 is 0 Å². The Balaban J connectivity index is 2.22. The quantitative estimate of drug-likeness (QED) is 0.522. The first kappa shape index (κ1) is 12.3. The van der Waals surface area contributed by atoms with Crippen LogP contribution in [-0.2, 0) is 16.0 Å². The number of H-pyrrole nitrogens is 1. The van der Waals surface area contributed by atoms with Gasteiger partial charge in [0.1, 0.15) is 0 Å². The van der Waals surface area contributed by atoms with E-state index < -0.39 is 17.9 Å². The molecule has 1 amide bonds. The lowest BCUT2D eigenvalue weighted by atomic mass is 10.2. The first-order valence-corrected chi connectivity index (χ1v) is 4.96. The lowest BCUT2D eigenvalue weighted by molar-refractivity contribution is -0.139. The molecule has 0 aliphatic heterocycles. The summed E-state index contributed by atoms with van der Waals surface area (Å²) in [6.07, 6.45) is 3.97.